The zero-order valence-electron chi connectivity index (χ0n) is 10.8. The molecule has 0 saturated carbocycles. The number of rotatable bonds is 3. The average Bonchev–Trinajstić information content (AvgIpc) is 2.34. The van der Waals surface area contributed by atoms with Crippen LogP contribution in [-0.2, 0) is 0 Å². The largest absolute Gasteiger partial charge is 0.457 e. The Labute approximate surface area is 121 Å². The van der Waals surface area contributed by atoms with Crippen molar-refractivity contribution < 1.29 is 4.74 Å². The summed E-state index contributed by atoms with van der Waals surface area (Å²) in [5.74, 6) is 1.58. The van der Waals surface area contributed by atoms with Crippen LogP contribution in [0.4, 0.5) is 0 Å². The van der Waals surface area contributed by atoms with Crippen molar-refractivity contribution in [1.82, 2.24) is 0 Å². The van der Waals surface area contributed by atoms with Gasteiger partial charge in [0.2, 0.25) is 0 Å². The Bertz CT molecular complexity index is 638. The lowest BCUT2D eigenvalue weighted by atomic mass is 10.1. The normalized spacial score (nSPS) is 10.3. The molecule has 0 aliphatic rings. The van der Waals surface area contributed by atoms with Crippen molar-refractivity contribution in [2.45, 2.75) is 13.8 Å². The predicted octanol–water partition coefficient (Wildman–Crippen LogP) is 4.14. The van der Waals surface area contributed by atoms with Gasteiger partial charge in [-0.15, -0.1) is 0 Å². The molecule has 0 amide bonds. The maximum absolute atomic E-state index is 7.44. The van der Waals surface area contributed by atoms with E-state index in [4.69, 9.17) is 15.9 Å². The Kier molecular flexibility index (Phi) is 3.90. The van der Waals surface area contributed by atoms with Crippen molar-refractivity contribution >= 4 is 21.8 Å². The highest BCUT2D eigenvalue weighted by Gasteiger charge is 2.07. The first kappa shape index (κ1) is 13.6. The number of hydrogen-bond acceptors (Lipinski definition) is 2. The van der Waals surface area contributed by atoms with Crippen molar-refractivity contribution in [3.05, 3.63) is 57.6 Å². The Balaban J connectivity index is 2.32. The van der Waals surface area contributed by atoms with Crippen molar-refractivity contribution in [2.75, 3.05) is 0 Å². The molecule has 2 aromatic rings. The summed E-state index contributed by atoms with van der Waals surface area (Å²) in [7, 11) is 0. The second-order valence-electron chi connectivity index (χ2n) is 4.36. The van der Waals surface area contributed by atoms with Gasteiger partial charge >= 0.3 is 0 Å². The number of hydrogen-bond donors (Lipinski definition) is 2. The number of ether oxygens (including phenoxy) is 1. The van der Waals surface area contributed by atoms with Crippen LogP contribution in [0.1, 0.15) is 16.7 Å². The number of nitrogen functional groups attached to an aromatic ring is 1. The maximum Gasteiger partial charge on any atom is 0.130 e. The first-order valence-electron chi connectivity index (χ1n) is 5.87. The second-order valence-corrected chi connectivity index (χ2v) is 5.21. The molecule has 0 saturated heterocycles. The van der Waals surface area contributed by atoms with Crippen molar-refractivity contribution in [1.29, 1.82) is 5.41 Å². The molecular formula is C15H15BrN2O. The third-order valence-corrected chi connectivity index (χ3v) is 3.67. The number of amidine groups is 1. The van der Waals surface area contributed by atoms with E-state index in [1.807, 2.05) is 31.2 Å². The van der Waals surface area contributed by atoms with Crippen LogP contribution >= 0.6 is 15.9 Å². The molecule has 3 nitrogen and oxygen atoms in total. The molecule has 0 spiro atoms. The minimum atomic E-state index is 0.0326. The lowest BCUT2D eigenvalue weighted by Gasteiger charge is -2.11. The van der Waals surface area contributed by atoms with Crippen LogP contribution in [0.15, 0.2) is 40.9 Å². The van der Waals surface area contributed by atoms with E-state index >= 15 is 0 Å². The topological polar surface area (TPSA) is 59.1 Å². The number of aryl methyl sites for hydroxylation is 1. The van der Waals surface area contributed by atoms with E-state index < -0.39 is 0 Å². The average molecular weight is 319 g/mol. The van der Waals surface area contributed by atoms with Crippen LogP contribution in [-0.4, -0.2) is 5.84 Å². The summed E-state index contributed by atoms with van der Waals surface area (Å²) >= 11 is 3.39. The van der Waals surface area contributed by atoms with Crippen molar-refractivity contribution in [3.63, 3.8) is 0 Å². The molecular weight excluding hydrogens is 304 g/mol. The molecule has 0 aliphatic heterocycles. The monoisotopic (exact) mass is 318 g/mol. The summed E-state index contributed by atoms with van der Waals surface area (Å²) in [5, 5.41) is 7.44. The molecule has 2 aromatic carbocycles. The molecule has 4 heteroatoms. The lowest BCUT2D eigenvalue weighted by molar-refractivity contribution is 0.478. The minimum Gasteiger partial charge on any atom is -0.457 e. The number of nitrogens with two attached hydrogens (primary N) is 1. The molecule has 19 heavy (non-hydrogen) atoms. The molecule has 3 N–H and O–H groups in total. The van der Waals surface area contributed by atoms with Gasteiger partial charge in [-0.2, -0.15) is 0 Å². The Morgan fingerprint density at radius 2 is 1.95 bits per heavy atom. The van der Waals surface area contributed by atoms with Gasteiger partial charge in [0.05, 0.1) is 0 Å². The fraction of sp³-hybridized carbons (Fsp3) is 0.133. The van der Waals surface area contributed by atoms with E-state index in [0.29, 0.717) is 11.3 Å². The van der Waals surface area contributed by atoms with Crippen LogP contribution in [0.2, 0.25) is 0 Å². The van der Waals surface area contributed by atoms with Crippen LogP contribution in [0.25, 0.3) is 0 Å². The summed E-state index contributed by atoms with van der Waals surface area (Å²) in [4.78, 5) is 0. The molecule has 0 atom stereocenters. The van der Waals surface area contributed by atoms with Gasteiger partial charge in [0.1, 0.15) is 17.3 Å². The van der Waals surface area contributed by atoms with Crippen LogP contribution in [0.5, 0.6) is 11.5 Å². The number of benzene rings is 2. The summed E-state index contributed by atoms with van der Waals surface area (Å²) in [6.07, 6.45) is 0. The lowest BCUT2D eigenvalue weighted by Crippen LogP contribution is -2.11. The first-order valence-corrected chi connectivity index (χ1v) is 6.66. The molecule has 0 aromatic heterocycles. The zero-order chi connectivity index (χ0) is 14.0. The highest BCUT2D eigenvalue weighted by Crippen LogP contribution is 2.29. The van der Waals surface area contributed by atoms with Gasteiger partial charge in [0.15, 0.2) is 0 Å². The Hall–Kier alpha value is -1.81. The third kappa shape index (κ3) is 2.96. The van der Waals surface area contributed by atoms with Crippen molar-refractivity contribution in [3.8, 4) is 11.5 Å². The fourth-order valence-corrected chi connectivity index (χ4v) is 2.31. The molecule has 0 unspecified atom stereocenters. The van der Waals surface area contributed by atoms with E-state index in [1.54, 1.807) is 6.07 Å². The van der Waals surface area contributed by atoms with Gasteiger partial charge in [0, 0.05) is 10.0 Å². The molecule has 0 radical (unpaired) electrons. The Morgan fingerprint density at radius 1 is 1.21 bits per heavy atom. The molecule has 0 aliphatic carbocycles. The highest BCUT2D eigenvalue weighted by atomic mass is 79.9. The third-order valence-electron chi connectivity index (χ3n) is 3.01. The fourth-order valence-electron chi connectivity index (χ4n) is 1.74. The van der Waals surface area contributed by atoms with Gasteiger partial charge in [0.25, 0.3) is 0 Å². The summed E-state index contributed by atoms with van der Waals surface area (Å²) in [6.45, 7) is 4.08. The zero-order valence-corrected chi connectivity index (χ0v) is 12.4. The molecule has 0 bridgehead atoms. The second kappa shape index (κ2) is 5.45. The summed E-state index contributed by atoms with van der Waals surface area (Å²) in [6, 6.07) is 11.4. The molecule has 98 valence electrons. The van der Waals surface area contributed by atoms with E-state index in [-0.39, 0.29) is 5.84 Å². The van der Waals surface area contributed by atoms with Gasteiger partial charge in [-0.25, -0.2) is 0 Å². The van der Waals surface area contributed by atoms with E-state index in [9.17, 15) is 0 Å². The van der Waals surface area contributed by atoms with Crippen molar-refractivity contribution in [2.24, 2.45) is 5.73 Å². The maximum atomic E-state index is 7.44. The molecule has 0 fully saturated rings. The van der Waals surface area contributed by atoms with Crippen LogP contribution in [0, 0.1) is 19.3 Å². The first-order chi connectivity index (χ1) is 8.99. The quantitative estimate of drug-likeness (QED) is 0.660. The number of halogens is 1. The standard InChI is InChI=1S/C15H15BrN2O/c1-9-4-3-5-14(10(9)2)19-11-6-7-12(15(17)18)13(16)8-11/h3-8H,1-2H3,(H3,17,18). The van der Waals surface area contributed by atoms with Gasteiger partial charge < -0.3 is 10.5 Å². The van der Waals surface area contributed by atoms with E-state index in [1.165, 1.54) is 5.56 Å². The summed E-state index contributed by atoms with van der Waals surface area (Å²) < 4.78 is 6.62. The van der Waals surface area contributed by atoms with E-state index in [2.05, 4.69) is 28.9 Å². The van der Waals surface area contributed by atoms with Crippen LogP contribution < -0.4 is 10.5 Å². The Morgan fingerprint density at radius 3 is 2.58 bits per heavy atom. The minimum absolute atomic E-state index is 0.0326. The van der Waals surface area contributed by atoms with Crippen LogP contribution in [0.3, 0.4) is 0 Å². The summed E-state index contributed by atoms with van der Waals surface area (Å²) in [5.41, 5.74) is 8.45. The van der Waals surface area contributed by atoms with Gasteiger partial charge in [-0.05, 0) is 65.2 Å². The molecule has 2 rings (SSSR count). The molecule has 0 heterocycles. The number of nitrogens with one attached hydrogen (secondary N) is 1. The van der Waals surface area contributed by atoms with Gasteiger partial charge in [-0.1, -0.05) is 12.1 Å². The van der Waals surface area contributed by atoms with Gasteiger partial charge in [-0.3, -0.25) is 5.41 Å². The highest BCUT2D eigenvalue weighted by molar-refractivity contribution is 9.10. The smallest absolute Gasteiger partial charge is 0.130 e. The predicted molar refractivity (Wildman–Crippen MR) is 81.1 cm³/mol. The SMILES string of the molecule is Cc1cccc(Oc2ccc(C(=N)N)c(Br)c2)c1C. The van der Waals surface area contributed by atoms with E-state index in [0.717, 1.165) is 15.8 Å².